The molecule has 0 bridgehead atoms. The van der Waals surface area contributed by atoms with Crippen LogP contribution in [0, 0.1) is 10.1 Å². The van der Waals surface area contributed by atoms with Crippen LogP contribution in [-0.4, -0.2) is 18.9 Å². The van der Waals surface area contributed by atoms with Crippen molar-refractivity contribution in [2.75, 3.05) is 0 Å². The monoisotopic (exact) mass is 460 g/mol. The number of para-hydroxylation sites is 1. The molecule has 0 saturated carbocycles. The van der Waals surface area contributed by atoms with E-state index >= 15 is 0 Å². The van der Waals surface area contributed by atoms with Crippen LogP contribution < -0.4 is 5.56 Å². The second-order valence-corrected chi connectivity index (χ2v) is 7.65. The quantitative estimate of drug-likeness (QED) is 0.281. The molecule has 0 spiro atoms. The molecule has 146 valence electrons. The first-order chi connectivity index (χ1) is 14.5. The summed E-state index contributed by atoms with van der Waals surface area (Å²) in [5.74, 6) is 0.433. The van der Waals surface area contributed by atoms with Crippen molar-refractivity contribution in [2.24, 2.45) is 0 Å². The molecule has 0 aliphatic carbocycles. The fourth-order valence-corrected chi connectivity index (χ4v) is 3.78. The molecule has 8 heteroatoms. The second-order valence-electron chi connectivity index (χ2n) is 6.74. The lowest BCUT2D eigenvalue weighted by atomic mass is 10.1. The average Bonchev–Trinajstić information content (AvgIpc) is 3.14. The predicted molar refractivity (Wildman–Crippen MR) is 118 cm³/mol. The van der Waals surface area contributed by atoms with Crippen molar-refractivity contribution in [1.82, 2.24) is 14.0 Å². The predicted octanol–water partition coefficient (Wildman–Crippen LogP) is 4.98. The average molecular weight is 461 g/mol. The first-order valence-electron chi connectivity index (χ1n) is 9.06. The molecule has 2 aromatic heterocycles. The zero-order valence-electron chi connectivity index (χ0n) is 15.4. The summed E-state index contributed by atoms with van der Waals surface area (Å²) in [5, 5.41) is 11.7. The number of non-ortho nitro benzene ring substituents is 1. The number of halogens is 1. The molecule has 0 fully saturated rings. The van der Waals surface area contributed by atoms with E-state index in [1.807, 2.05) is 34.9 Å². The maximum atomic E-state index is 13.4. The zero-order chi connectivity index (χ0) is 20.8. The number of nitro benzene ring substituents is 1. The molecule has 5 aromatic rings. The van der Waals surface area contributed by atoms with E-state index < -0.39 is 4.92 Å². The summed E-state index contributed by atoms with van der Waals surface area (Å²) in [4.78, 5) is 28.9. The van der Waals surface area contributed by atoms with Crippen LogP contribution in [0.25, 0.3) is 33.6 Å². The Morgan fingerprint density at radius 2 is 1.73 bits per heavy atom. The molecule has 0 saturated heterocycles. The van der Waals surface area contributed by atoms with Crippen LogP contribution in [0.4, 0.5) is 5.69 Å². The largest absolute Gasteiger partial charge is 0.285 e. The van der Waals surface area contributed by atoms with Crippen molar-refractivity contribution in [3.63, 3.8) is 0 Å². The molecule has 0 unspecified atom stereocenters. The third-order valence-corrected chi connectivity index (χ3v) is 5.45. The van der Waals surface area contributed by atoms with Gasteiger partial charge >= 0.3 is 0 Å². The number of hydrogen-bond donors (Lipinski definition) is 0. The summed E-state index contributed by atoms with van der Waals surface area (Å²) in [5.41, 5.74) is 2.22. The highest BCUT2D eigenvalue weighted by molar-refractivity contribution is 9.10. The summed E-state index contributed by atoms with van der Waals surface area (Å²) in [6, 6.07) is 21.0. The van der Waals surface area contributed by atoms with E-state index in [1.165, 1.54) is 16.5 Å². The normalized spacial score (nSPS) is 11.2. The van der Waals surface area contributed by atoms with Crippen molar-refractivity contribution in [1.29, 1.82) is 0 Å². The standard InChI is InChI=1S/C22H13BrN4O3/c23-15-8-10-16(11-9-15)25-13-20(14-4-3-5-17(12-14)27(29)30)26-21(28)18-6-1-2-7-19(18)24-22(25)26/h1-13H. The number of fused-ring (bicyclic) bond motifs is 2. The fraction of sp³-hybridized carbons (Fsp3) is 0. The van der Waals surface area contributed by atoms with Gasteiger partial charge in [0.1, 0.15) is 0 Å². The van der Waals surface area contributed by atoms with Gasteiger partial charge in [-0.15, -0.1) is 0 Å². The lowest BCUT2D eigenvalue weighted by Crippen LogP contribution is -2.16. The summed E-state index contributed by atoms with van der Waals surface area (Å²) in [6.07, 6.45) is 1.78. The Labute approximate surface area is 178 Å². The van der Waals surface area contributed by atoms with E-state index in [1.54, 1.807) is 36.5 Å². The number of aromatic nitrogens is 3. The molecule has 30 heavy (non-hydrogen) atoms. The summed E-state index contributed by atoms with van der Waals surface area (Å²) in [6.45, 7) is 0. The van der Waals surface area contributed by atoms with E-state index in [0.717, 1.165) is 10.2 Å². The Morgan fingerprint density at radius 3 is 2.50 bits per heavy atom. The molecule has 0 aliphatic rings. The SMILES string of the molecule is O=c1c2ccccc2nc2n(-c3ccc(Br)cc3)cc(-c3cccc([N+](=O)[O-])c3)n12. The molecule has 5 rings (SSSR count). The third-order valence-electron chi connectivity index (χ3n) is 4.92. The molecule has 3 aromatic carbocycles. The van der Waals surface area contributed by atoms with Crippen molar-refractivity contribution in [2.45, 2.75) is 0 Å². The topological polar surface area (TPSA) is 82.4 Å². The van der Waals surface area contributed by atoms with E-state index in [4.69, 9.17) is 4.98 Å². The van der Waals surface area contributed by atoms with Crippen LogP contribution >= 0.6 is 15.9 Å². The highest BCUT2D eigenvalue weighted by Crippen LogP contribution is 2.28. The van der Waals surface area contributed by atoms with Crippen molar-refractivity contribution < 1.29 is 4.92 Å². The third kappa shape index (κ3) is 2.89. The minimum absolute atomic E-state index is 0.0427. The van der Waals surface area contributed by atoms with E-state index in [-0.39, 0.29) is 11.2 Å². The Kier molecular flexibility index (Phi) is 4.22. The van der Waals surface area contributed by atoms with Gasteiger partial charge in [-0.1, -0.05) is 40.2 Å². The van der Waals surface area contributed by atoms with Crippen molar-refractivity contribution >= 4 is 38.3 Å². The minimum atomic E-state index is -0.451. The van der Waals surface area contributed by atoms with Gasteiger partial charge in [0.05, 0.1) is 21.5 Å². The highest BCUT2D eigenvalue weighted by atomic mass is 79.9. The van der Waals surface area contributed by atoms with Crippen molar-refractivity contribution in [3.05, 3.63) is 104 Å². The van der Waals surface area contributed by atoms with Crippen LogP contribution in [0.5, 0.6) is 0 Å². The van der Waals surface area contributed by atoms with Gasteiger partial charge in [-0.05, 0) is 36.4 Å². The van der Waals surface area contributed by atoms with Gasteiger partial charge in [-0.25, -0.2) is 9.38 Å². The van der Waals surface area contributed by atoms with E-state index in [9.17, 15) is 14.9 Å². The van der Waals surface area contributed by atoms with Crippen LogP contribution in [0.15, 0.2) is 88.3 Å². The Balaban J connectivity index is 1.90. The van der Waals surface area contributed by atoms with Crippen LogP contribution in [0.2, 0.25) is 0 Å². The first-order valence-corrected chi connectivity index (χ1v) is 9.86. The van der Waals surface area contributed by atoms with Gasteiger partial charge in [0.15, 0.2) is 0 Å². The maximum Gasteiger partial charge on any atom is 0.270 e. The van der Waals surface area contributed by atoms with Gasteiger partial charge in [-0.2, -0.15) is 0 Å². The zero-order valence-corrected chi connectivity index (χ0v) is 17.0. The van der Waals surface area contributed by atoms with Gasteiger partial charge in [0, 0.05) is 34.1 Å². The molecule has 0 atom stereocenters. The van der Waals surface area contributed by atoms with Crippen LogP contribution in [-0.2, 0) is 0 Å². The fourth-order valence-electron chi connectivity index (χ4n) is 3.51. The second kappa shape index (κ2) is 6.93. The van der Waals surface area contributed by atoms with E-state index in [0.29, 0.717) is 27.9 Å². The number of nitro groups is 1. The molecular weight excluding hydrogens is 448 g/mol. The molecule has 0 N–H and O–H groups in total. The number of nitrogens with zero attached hydrogens (tertiary/aromatic N) is 4. The smallest absolute Gasteiger partial charge is 0.270 e. The Hall–Kier alpha value is -3.78. The minimum Gasteiger partial charge on any atom is -0.285 e. The number of benzene rings is 3. The van der Waals surface area contributed by atoms with Crippen LogP contribution in [0.1, 0.15) is 0 Å². The summed E-state index contributed by atoms with van der Waals surface area (Å²) < 4.78 is 4.25. The first kappa shape index (κ1) is 18.3. The molecule has 0 amide bonds. The lowest BCUT2D eigenvalue weighted by molar-refractivity contribution is -0.384. The molecule has 2 heterocycles. The van der Waals surface area contributed by atoms with Gasteiger partial charge in [-0.3, -0.25) is 19.5 Å². The van der Waals surface area contributed by atoms with Crippen LogP contribution in [0.3, 0.4) is 0 Å². The van der Waals surface area contributed by atoms with Gasteiger partial charge < -0.3 is 0 Å². The highest BCUT2D eigenvalue weighted by Gasteiger charge is 2.18. The molecule has 0 radical (unpaired) electrons. The number of rotatable bonds is 3. The number of hydrogen-bond acceptors (Lipinski definition) is 4. The Bertz CT molecular complexity index is 1500. The van der Waals surface area contributed by atoms with Gasteiger partial charge in [0.2, 0.25) is 5.78 Å². The van der Waals surface area contributed by atoms with Gasteiger partial charge in [0.25, 0.3) is 11.2 Å². The molecule has 7 nitrogen and oxygen atoms in total. The summed E-state index contributed by atoms with van der Waals surface area (Å²) >= 11 is 3.43. The van der Waals surface area contributed by atoms with E-state index in [2.05, 4.69) is 15.9 Å². The Morgan fingerprint density at radius 1 is 0.967 bits per heavy atom. The number of imidazole rings is 1. The maximum absolute atomic E-state index is 13.4. The lowest BCUT2D eigenvalue weighted by Gasteiger charge is -2.05. The summed E-state index contributed by atoms with van der Waals surface area (Å²) in [7, 11) is 0. The van der Waals surface area contributed by atoms with Crippen molar-refractivity contribution in [3.8, 4) is 16.9 Å². The molecule has 0 aliphatic heterocycles. The molecular formula is C22H13BrN4O3.